The third kappa shape index (κ3) is 0.998. The molecule has 1 aromatic carbocycles. The van der Waals surface area contributed by atoms with Crippen LogP contribution in [-0.4, -0.2) is 13.0 Å². The Kier molecular flexibility index (Phi) is 1.61. The molecule has 0 radical (unpaired) electrons. The maximum atomic E-state index is 11.3. The van der Waals surface area contributed by atoms with Gasteiger partial charge in [0.15, 0.2) is 0 Å². The highest BCUT2D eigenvalue weighted by Crippen LogP contribution is 2.25. The van der Waals surface area contributed by atoms with E-state index < -0.39 is 0 Å². The monoisotopic (exact) mass is 161 g/mol. The van der Waals surface area contributed by atoms with Crippen molar-refractivity contribution in [2.24, 2.45) is 0 Å². The van der Waals surface area contributed by atoms with Gasteiger partial charge in [-0.1, -0.05) is 18.2 Å². The van der Waals surface area contributed by atoms with Crippen molar-refractivity contribution in [1.82, 2.24) is 0 Å². The molecule has 2 heteroatoms. The van der Waals surface area contributed by atoms with Gasteiger partial charge in [0.2, 0.25) is 5.91 Å². The van der Waals surface area contributed by atoms with Crippen LogP contribution >= 0.6 is 0 Å². The largest absolute Gasteiger partial charge is 0.315 e. The molecule has 2 nitrogen and oxygen atoms in total. The molecular formula is C10H11NO. The van der Waals surface area contributed by atoms with Gasteiger partial charge in [-0.05, 0) is 18.1 Å². The van der Waals surface area contributed by atoms with Gasteiger partial charge in [0, 0.05) is 19.2 Å². The van der Waals surface area contributed by atoms with Gasteiger partial charge in [-0.2, -0.15) is 0 Å². The maximum absolute atomic E-state index is 11.3. The molecule has 0 bridgehead atoms. The molecule has 0 atom stereocenters. The molecule has 62 valence electrons. The highest BCUT2D eigenvalue weighted by Gasteiger charge is 2.19. The zero-order valence-electron chi connectivity index (χ0n) is 7.08. The van der Waals surface area contributed by atoms with Crippen molar-refractivity contribution in [3.05, 3.63) is 29.8 Å². The fraction of sp³-hybridized carbons (Fsp3) is 0.300. The van der Waals surface area contributed by atoms with E-state index in [9.17, 15) is 4.79 Å². The molecule has 1 aromatic rings. The number of rotatable bonds is 0. The fourth-order valence-electron chi connectivity index (χ4n) is 1.59. The van der Waals surface area contributed by atoms with Crippen LogP contribution in [-0.2, 0) is 11.2 Å². The second-order valence-corrected chi connectivity index (χ2v) is 3.08. The zero-order chi connectivity index (χ0) is 8.55. The molecule has 12 heavy (non-hydrogen) atoms. The van der Waals surface area contributed by atoms with E-state index in [4.69, 9.17) is 0 Å². The van der Waals surface area contributed by atoms with Crippen LogP contribution in [0.4, 0.5) is 5.69 Å². The first kappa shape index (κ1) is 7.35. The quantitative estimate of drug-likeness (QED) is 0.566. The number of hydrogen-bond acceptors (Lipinski definition) is 1. The lowest BCUT2D eigenvalue weighted by atomic mass is 10.0. The molecule has 0 aromatic heterocycles. The maximum Gasteiger partial charge on any atom is 0.227 e. The van der Waals surface area contributed by atoms with E-state index in [0.717, 1.165) is 12.1 Å². The van der Waals surface area contributed by atoms with E-state index >= 15 is 0 Å². The standard InChI is InChI=1S/C10H11NO/c1-11-9-5-3-2-4-8(9)6-7-10(11)12/h2-5H,6-7H2,1H3. The summed E-state index contributed by atoms with van der Waals surface area (Å²) in [5.74, 6) is 0.216. The predicted octanol–water partition coefficient (Wildman–Crippen LogP) is 1.60. The third-order valence-electron chi connectivity index (χ3n) is 2.34. The normalized spacial score (nSPS) is 16.1. The minimum atomic E-state index is 0.216. The van der Waals surface area contributed by atoms with Crippen LogP contribution in [0.25, 0.3) is 0 Å². The minimum Gasteiger partial charge on any atom is -0.315 e. The Hall–Kier alpha value is -1.31. The lowest BCUT2D eigenvalue weighted by molar-refractivity contribution is -0.118. The highest BCUT2D eigenvalue weighted by molar-refractivity contribution is 5.95. The summed E-state index contributed by atoms with van der Waals surface area (Å²) in [7, 11) is 1.83. The highest BCUT2D eigenvalue weighted by atomic mass is 16.2. The number of carbonyl (C=O) groups excluding carboxylic acids is 1. The molecule has 0 saturated heterocycles. The van der Waals surface area contributed by atoms with Crippen molar-refractivity contribution in [3.8, 4) is 0 Å². The first-order chi connectivity index (χ1) is 5.79. The molecule has 1 aliphatic heterocycles. The number of aryl methyl sites for hydroxylation is 1. The van der Waals surface area contributed by atoms with Crippen LogP contribution in [0.2, 0.25) is 0 Å². The molecule has 0 N–H and O–H groups in total. The summed E-state index contributed by atoms with van der Waals surface area (Å²) in [6, 6.07) is 8.06. The fourth-order valence-corrected chi connectivity index (χ4v) is 1.59. The van der Waals surface area contributed by atoms with Crippen molar-refractivity contribution >= 4 is 11.6 Å². The zero-order valence-corrected chi connectivity index (χ0v) is 7.08. The second-order valence-electron chi connectivity index (χ2n) is 3.08. The van der Waals surface area contributed by atoms with Crippen LogP contribution in [0, 0.1) is 0 Å². The Morgan fingerprint density at radius 3 is 2.83 bits per heavy atom. The molecule has 1 heterocycles. The lowest BCUT2D eigenvalue weighted by Gasteiger charge is -2.25. The summed E-state index contributed by atoms with van der Waals surface area (Å²) >= 11 is 0. The summed E-state index contributed by atoms with van der Waals surface area (Å²) in [6.07, 6.45) is 1.53. The van der Waals surface area contributed by atoms with E-state index in [-0.39, 0.29) is 5.91 Å². The molecule has 2 rings (SSSR count). The number of carbonyl (C=O) groups is 1. The number of anilines is 1. The van der Waals surface area contributed by atoms with Crippen molar-refractivity contribution in [1.29, 1.82) is 0 Å². The molecule has 1 aliphatic rings. The van der Waals surface area contributed by atoms with Gasteiger partial charge in [0.25, 0.3) is 0 Å². The summed E-state index contributed by atoms with van der Waals surface area (Å²) in [5, 5.41) is 0. The van der Waals surface area contributed by atoms with Crippen LogP contribution in [0.5, 0.6) is 0 Å². The number of benzene rings is 1. The van der Waals surface area contributed by atoms with Crippen LogP contribution in [0.1, 0.15) is 12.0 Å². The summed E-state index contributed by atoms with van der Waals surface area (Å²) in [4.78, 5) is 13.0. The van der Waals surface area contributed by atoms with Gasteiger partial charge < -0.3 is 4.90 Å². The van der Waals surface area contributed by atoms with Gasteiger partial charge >= 0.3 is 0 Å². The molecule has 0 unspecified atom stereocenters. The lowest BCUT2D eigenvalue weighted by Crippen LogP contribution is -2.30. The molecule has 0 fully saturated rings. The second kappa shape index (κ2) is 2.63. The Morgan fingerprint density at radius 2 is 2.00 bits per heavy atom. The SMILES string of the molecule is CN1C(=O)CCc2ccccc21. The van der Waals surface area contributed by atoms with Crippen molar-refractivity contribution < 1.29 is 4.79 Å². The van der Waals surface area contributed by atoms with Crippen LogP contribution < -0.4 is 4.90 Å². The smallest absolute Gasteiger partial charge is 0.227 e. The first-order valence-electron chi connectivity index (χ1n) is 4.13. The number of para-hydroxylation sites is 1. The van der Waals surface area contributed by atoms with Crippen LogP contribution in [0.3, 0.4) is 0 Å². The van der Waals surface area contributed by atoms with E-state index in [1.807, 2.05) is 25.2 Å². The van der Waals surface area contributed by atoms with Crippen molar-refractivity contribution in [3.63, 3.8) is 0 Å². The first-order valence-corrected chi connectivity index (χ1v) is 4.13. The van der Waals surface area contributed by atoms with Gasteiger partial charge in [0.1, 0.15) is 0 Å². The Labute approximate surface area is 71.8 Å². The summed E-state index contributed by atoms with van der Waals surface area (Å²) < 4.78 is 0. The van der Waals surface area contributed by atoms with Crippen molar-refractivity contribution in [2.45, 2.75) is 12.8 Å². The Balaban J connectivity index is 2.48. The number of hydrogen-bond donors (Lipinski definition) is 0. The minimum absolute atomic E-state index is 0.216. The van der Waals surface area contributed by atoms with Gasteiger partial charge in [-0.3, -0.25) is 4.79 Å². The van der Waals surface area contributed by atoms with E-state index in [2.05, 4.69) is 6.07 Å². The molecule has 1 amide bonds. The molecule has 0 saturated carbocycles. The van der Waals surface area contributed by atoms with Gasteiger partial charge in [-0.25, -0.2) is 0 Å². The predicted molar refractivity (Wildman–Crippen MR) is 48.2 cm³/mol. The molecule has 0 spiro atoms. The number of amides is 1. The Morgan fingerprint density at radius 1 is 1.25 bits per heavy atom. The number of fused-ring (bicyclic) bond motifs is 1. The number of nitrogens with zero attached hydrogens (tertiary/aromatic N) is 1. The third-order valence-corrected chi connectivity index (χ3v) is 2.34. The van der Waals surface area contributed by atoms with E-state index in [1.54, 1.807) is 4.90 Å². The molecular weight excluding hydrogens is 150 g/mol. The molecule has 0 aliphatic carbocycles. The van der Waals surface area contributed by atoms with Gasteiger partial charge in [-0.15, -0.1) is 0 Å². The van der Waals surface area contributed by atoms with Crippen LogP contribution in [0.15, 0.2) is 24.3 Å². The summed E-state index contributed by atoms with van der Waals surface area (Å²) in [5.41, 5.74) is 2.34. The average molecular weight is 161 g/mol. The van der Waals surface area contributed by atoms with Crippen molar-refractivity contribution in [2.75, 3.05) is 11.9 Å². The van der Waals surface area contributed by atoms with Gasteiger partial charge in [0.05, 0.1) is 0 Å². The van der Waals surface area contributed by atoms with E-state index in [1.165, 1.54) is 5.56 Å². The average Bonchev–Trinajstić information content (AvgIpc) is 2.12. The van der Waals surface area contributed by atoms with E-state index in [0.29, 0.717) is 6.42 Å². The Bertz CT molecular complexity index is 319. The summed E-state index contributed by atoms with van der Waals surface area (Å²) in [6.45, 7) is 0. The topological polar surface area (TPSA) is 20.3 Å².